The van der Waals surface area contributed by atoms with Crippen LogP contribution >= 0.6 is 15.9 Å². The Balaban J connectivity index is 1.74. The molecule has 6 nitrogen and oxygen atoms in total. The highest BCUT2D eigenvalue weighted by Crippen LogP contribution is 2.39. The fourth-order valence-corrected chi connectivity index (χ4v) is 6.01. The van der Waals surface area contributed by atoms with E-state index in [2.05, 4.69) is 46.7 Å². The Hall–Kier alpha value is -1.12. The molecule has 0 spiro atoms. The number of anilines is 1. The molecule has 26 heavy (non-hydrogen) atoms. The highest BCUT2D eigenvalue weighted by atomic mass is 79.9. The van der Waals surface area contributed by atoms with Crippen molar-refractivity contribution < 1.29 is 17.9 Å². The fraction of sp³-hybridized carbons (Fsp3) is 0.611. The van der Waals surface area contributed by atoms with E-state index < -0.39 is 10.0 Å². The second-order valence-electron chi connectivity index (χ2n) is 8.15. The van der Waals surface area contributed by atoms with Crippen molar-refractivity contribution in [2.45, 2.75) is 57.4 Å². The van der Waals surface area contributed by atoms with Gasteiger partial charge in [0, 0.05) is 16.6 Å². The summed E-state index contributed by atoms with van der Waals surface area (Å²) in [5.41, 5.74) is 0.727. The topological polar surface area (TPSA) is 84.5 Å². The average Bonchev–Trinajstić information content (AvgIpc) is 2.53. The lowest BCUT2D eigenvalue weighted by Crippen LogP contribution is -2.39. The molecule has 1 fully saturated rings. The maximum atomic E-state index is 12.9. The third-order valence-electron chi connectivity index (χ3n) is 5.23. The van der Waals surface area contributed by atoms with Crippen LogP contribution < -0.4 is 14.8 Å². The van der Waals surface area contributed by atoms with Gasteiger partial charge in [-0.25, -0.2) is 13.1 Å². The molecule has 0 atom stereocenters. The van der Waals surface area contributed by atoms with Crippen LogP contribution in [0, 0.1) is 11.3 Å². The molecule has 1 aliphatic heterocycles. The number of nitrogens with one attached hydrogen (secondary N) is 2. The smallest absolute Gasteiger partial charge is 0.262 e. The summed E-state index contributed by atoms with van der Waals surface area (Å²) < 4.78 is 34.3. The van der Waals surface area contributed by atoms with E-state index in [1.165, 1.54) is 6.07 Å². The summed E-state index contributed by atoms with van der Waals surface area (Å²) in [6, 6.07) is 2.97. The zero-order valence-corrected chi connectivity index (χ0v) is 17.7. The van der Waals surface area contributed by atoms with E-state index >= 15 is 0 Å². The number of carbonyl (C=O) groups is 1. The molecule has 0 bridgehead atoms. The van der Waals surface area contributed by atoms with Gasteiger partial charge in [0.05, 0.1) is 10.6 Å². The number of hydrogen-bond acceptors (Lipinski definition) is 4. The van der Waals surface area contributed by atoms with Crippen LogP contribution in [0.25, 0.3) is 0 Å². The fourth-order valence-electron chi connectivity index (χ4n) is 3.65. The van der Waals surface area contributed by atoms with Crippen LogP contribution in [-0.4, -0.2) is 27.0 Å². The van der Waals surface area contributed by atoms with E-state index in [1.807, 2.05) is 0 Å². The Morgan fingerprint density at radius 2 is 1.85 bits per heavy atom. The summed E-state index contributed by atoms with van der Waals surface area (Å²) in [5.74, 6) is 0.731. The minimum absolute atomic E-state index is 0.0536. The zero-order valence-electron chi connectivity index (χ0n) is 15.3. The number of sulfonamides is 1. The van der Waals surface area contributed by atoms with Crippen molar-refractivity contribution in [3.8, 4) is 5.75 Å². The van der Waals surface area contributed by atoms with Gasteiger partial charge in [-0.2, -0.15) is 0 Å². The molecule has 2 N–H and O–H groups in total. The lowest BCUT2D eigenvalue weighted by atomic mass is 9.71. The van der Waals surface area contributed by atoms with Crippen molar-refractivity contribution in [1.29, 1.82) is 0 Å². The van der Waals surface area contributed by atoms with Gasteiger partial charge in [-0.15, -0.1) is 0 Å². The van der Waals surface area contributed by atoms with Crippen LogP contribution in [0.4, 0.5) is 5.69 Å². The summed E-state index contributed by atoms with van der Waals surface area (Å²) in [7, 11) is -3.68. The molecule has 2 aliphatic rings. The van der Waals surface area contributed by atoms with Crippen LogP contribution in [0.15, 0.2) is 21.5 Å². The van der Waals surface area contributed by atoms with Gasteiger partial charge >= 0.3 is 0 Å². The Morgan fingerprint density at radius 1 is 1.19 bits per heavy atom. The number of amides is 1. The van der Waals surface area contributed by atoms with Gasteiger partial charge in [-0.05, 0) is 59.0 Å². The van der Waals surface area contributed by atoms with Crippen LogP contribution in [0.3, 0.4) is 0 Å². The van der Waals surface area contributed by atoms with Crippen molar-refractivity contribution in [3.05, 3.63) is 16.6 Å². The number of carbonyl (C=O) groups excluding carboxylic acids is 1. The minimum Gasteiger partial charge on any atom is -0.482 e. The quantitative estimate of drug-likeness (QED) is 0.744. The van der Waals surface area contributed by atoms with Crippen molar-refractivity contribution in [2.75, 3.05) is 11.9 Å². The number of rotatable bonds is 3. The average molecular weight is 445 g/mol. The molecule has 0 aromatic heterocycles. The molecule has 1 amide bonds. The van der Waals surface area contributed by atoms with Gasteiger partial charge in [0.25, 0.3) is 5.91 Å². The SMILES string of the molecule is CC(C)(C)C1CCC(NS(=O)(=O)c2cc3c(cc2Br)NC(=O)CO3)CC1. The normalized spacial score (nSPS) is 23.8. The minimum atomic E-state index is -3.68. The van der Waals surface area contributed by atoms with Crippen molar-refractivity contribution in [2.24, 2.45) is 11.3 Å². The van der Waals surface area contributed by atoms with Crippen LogP contribution in [0.2, 0.25) is 0 Å². The third kappa shape index (κ3) is 4.23. The van der Waals surface area contributed by atoms with Crippen LogP contribution in [-0.2, 0) is 14.8 Å². The molecule has 0 radical (unpaired) electrons. The Labute approximate surface area is 163 Å². The van der Waals surface area contributed by atoms with E-state index in [-0.39, 0.29) is 28.9 Å². The Kier molecular flexibility index (Phi) is 5.38. The van der Waals surface area contributed by atoms with E-state index in [0.717, 1.165) is 25.7 Å². The van der Waals surface area contributed by atoms with E-state index in [4.69, 9.17) is 4.74 Å². The highest BCUT2D eigenvalue weighted by Gasteiger charge is 2.32. The molecule has 3 rings (SSSR count). The molecular formula is C18H25BrN2O4S. The van der Waals surface area contributed by atoms with Crippen molar-refractivity contribution in [1.82, 2.24) is 4.72 Å². The number of halogens is 1. The molecule has 1 saturated carbocycles. The summed E-state index contributed by atoms with van der Waals surface area (Å²) in [5, 5.41) is 2.67. The molecule has 1 aromatic rings. The summed E-state index contributed by atoms with van der Waals surface area (Å²) >= 11 is 3.31. The van der Waals surface area contributed by atoms with E-state index in [9.17, 15) is 13.2 Å². The summed E-state index contributed by atoms with van der Waals surface area (Å²) in [6.45, 7) is 6.61. The zero-order chi connectivity index (χ0) is 19.1. The van der Waals surface area contributed by atoms with Gasteiger partial charge < -0.3 is 10.1 Å². The predicted molar refractivity (Wildman–Crippen MR) is 104 cm³/mol. The molecular weight excluding hydrogens is 420 g/mol. The standard InChI is InChI=1S/C18H25BrN2O4S/c1-18(2,3)11-4-6-12(7-5-11)21-26(23,24)16-9-15-14(8-13(16)19)20-17(22)10-25-15/h8-9,11-12,21H,4-7,10H2,1-3H3,(H,20,22). The first-order valence-electron chi connectivity index (χ1n) is 8.85. The molecule has 8 heteroatoms. The first kappa shape index (κ1) is 19.6. The first-order chi connectivity index (χ1) is 12.1. The second kappa shape index (κ2) is 7.13. The summed E-state index contributed by atoms with van der Waals surface area (Å²) in [4.78, 5) is 11.5. The van der Waals surface area contributed by atoms with Crippen molar-refractivity contribution >= 4 is 37.5 Å². The number of benzene rings is 1. The van der Waals surface area contributed by atoms with Gasteiger partial charge in [0.15, 0.2) is 6.61 Å². The molecule has 144 valence electrons. The largest absolute Gasteiger partial charge is 0.482 e. The van der Waals surface area contributed by atoms with Gasteiger partial charge in [-0.3, -0.25) is 4.79 Å². The van der Waals surface area contributed by atoms with Gasteiger partial charge in [-0.1, -0.05) is 20.8 Å². The highest BCUT2D eigenvalue weighted by molar-refractivity contribution is 9.10. The van der Waals surface area contributed by atoms with Crippen LogP contribution in [0.1, 0.15) is 46.5 Å². The third-order valence-corrected chi connectivity index (χ3v) is 7.71. The molecule has 1 heterocycles. The van der Waals surface area contributed by atoms with E-state index in [0.29, 0.717) is 21.8 Å². The van der Waals surface area contributed by atoms with Gasteiger partial charge in [0.1, 0.15) is 5.75 Å². The maximum Gasteiger partial charge on any atom is 0.262 e. The molecule has 1 aliphatic carbocycles. The molecule has 1 aromatic carbocycles. The lowest BCUT2D eigenvalue weighted by molar-refractivity contribution is -0.118. The van der Waals surface area contributed by atoms with Crippen molar-refractivity contribution in [3.63, 3.8) is 0 Å². The second-order valence-corrected chi connectivity index (χ2v) is 10.7. The molecule has 0 unspecified atom stereocenters. The number of ether oxygens (including phenoxy) is 1. The van der Waals surface area contributed by atoms with Gasteiger partial charge in [0.2, 0.25) is 10.0 Å². The molecule has 0 saturated heterocycles. The van der Waals surface area contributed by atoms with Crippen LogP contribution in [0.5, 0.6) is 5.75 Å². The first-order valence-corrected chi connectivity index (χ1v) is 11.1. The Bertz CT molecular complexity index is 809. The van der Waals surface area contributed by atoms with E-state index in [1.54, 1.807) is 6.07 Å². The number of hydrogen-bond donors (Lipinski definition) is 2. The maximum absolute atomic E-state index is 12.9. The number of fused-ring (bicyclic) bond motifs is 1. The monoisotopic (exact) mass is 444 g/mol. The lowest BCUT2D eigenvalue weighted by Gasteiger charge is -2.37. The predicted octanol–water partition coefficient (Wildman–Crippen LogP) is 3.66. The Morgan fingerprint density at radius 3 is 2.46 bits per heavy atom. The summed E-state index contributed by atoms with van der Waals surface area (Å²) in [6.07, 6.45) is 3.74.